The Balaban J connectivity index is 2.19. The summed E-state index contributed by atoms with van der Waals surface area (Å²) in [5, 5.41) is 5.41. The van der Waals surface area contributed by atoms with Crippen molar-refractivity contribution >= 4 is 27.3 Å². The second-order valence-electron chi connectivity index (χ2n) is 4.46. The quantitative estimate of drug-likeness (QED) is 0.734. The Hall–Kier alpha value is -0.980. The zero-order chi connectivity index (χ0) is 15.2. The summed E-state index contributed by atoms with van der Waals surface area (Å²) in [6, 6.07) is 8.94. The van der Waals surface area contributed by atoms with Gasteiger partial charge in [0.05, 0.1) is 0 Å². The van der Waals surface area contributed by atoms with Crippen LogP contribution in [0, 0.1) is 0 Å². The maximum absolute atomic E-state index is 12.3. The van der Waals surface area contributed by atoms with Gasteiger partial charge in [-0.15, -0.1) is 11.3 Å². The van der Waals surface area contributed by atoms with Gasteiger partial charge in [0.1, 0.15) is 5.75 Å². The van der Waals surface area contributed by atoms with Gasteiger partial charge in [-0.1, -0.05) is 19.1 Å². The van der Waals surface area contributed by atoms with Crippen LogP contribution in [0.2, 0.25) is 0 Å². The molecule has 0 radical (unpaired) electrons. The summed E-state index contributed by atoms with van der Waals surface area (Å²) in [6.07, 6.45) is 0.796. The number of rotatable bonds is 7. The van der Waals surface area contributed by atoms with Crippen molar-refractivity contribution in [1.82, 2.24) is 5.32 Å². The molecule has 1 N–H and O–H groups in total. The zero-order valence-electron chi connectivity index (χ0n) is 11.5. The van der Waals surface area contributed by atoms with Crippen molar-refractivity contribution in [3.63, 3.8) is 0 Å². The van der Waals surface area contributed by atoms with Crippen LogP contribution in [0.3, 0.4) is 0 Å². The van der Waals surface area contributed by atoms with E-state index in [-0.39, 0.29) is 11.8 Å². The molecule has 0 spiro atoms. The maximum Gasteiger partial charge on any atom is 0.387 e. The molecule has 2 nitrogen and oxygen atoms in total. The summed E-state index contributed by atoms with van der Waals surface area (Å²) in [4.78, 5) is 1.22. The summed E-state index contributed by atoms with van der Waals surface area (Å²) in [5.41, 5.74) is 0.940. The maximum atomic E-state index is 12.3. The average molecular weight is 376 g/mol. The molecule has 1 aromatic heterocycles. The van der Waals surface area contributed by atoms with Crippen molar-refractivity contribution in [1.29, 1.82) is 0 Å². The van der Waals surface area contributed by atoms with E-state index < -0.39 is 6.61 Å². The Labute approximate surface area is 135 Å². The highest BCUT2D eigenvalue weighted by Crippen LogP contribution is 2.29. The Kier molecular flexibility index (Phi) is 6.14. The minimum Gasteiger partial charge on any atom is -0.435 e. The van der Waals surface area contributed by atoms with Gasteiger partial charge in [-0.3, -0.25) is 0 Å². The van der Waals surface area contributed by atoms with Gasteiger partial charge in [0.15, 0.2) is 0 Å². The number of thiophene rings is 1. The molecule has 0 fully saturated rings. The van der Waals surface area contributed by atoms with Crippen LogP contribution in [0.15, 0.2) is 40.2 Å². The van der Waals surface area contributed by atoms with E-state index in [1.54, 1.807) is 29.5 Å². The van der Waals surface area contributed by atoms with Gasteiger partial charge < -0.3 is 10.1 Å². The lowest BCUT2D eigenvalue weighted by Crippen LogP contribution is -2.22. The largest absolute Gasteiger partial charge is 0.435 e. The number of ether oxygens (including phenoxy) is 1. The standard InChI is InChI=1S/C15H16BrF2NOS/c1-2-19-13(9-14-12(16)6-7-21-14)10-4-3-5-11(8-10)20-15(17)18/h3-8,13,15,19H,2,9H2,1H3. The van der Waals surface area contributed by atoms with Crippen LogP contribution < -0.4 is 10.1 Å². The van der Waals surface area contributed by atoms with Gasteiger partial charge in [-0.05, 0) is 51.6 Å². The van der Waals surface area contributed by atoms with Crippen molar-refractivity contribution in [2.24, 2.45) is 0 Å². The van der Waals surface area contributed by atoms with Crippen LogP contribution in [-0.4, -0.2) is 13.2 Å². The summed E-state index contributed by atoms with van der Waals surface area (Å²) < 4.78 is 30.2. The summed E-state index contributed by atoms with van der Waals surface area (Å²) >= 11 is 5.20. The lowest BCUT2D eigenvalue weighted by molar-refractivity contribution is -0.0499. The van der Waals surface area contributed by atoms with Crippen LogP contribution in [-0.2, 0) is 6.42 Å². The van der Waals surface area contributed by atoms with Crippen LogP contribution in [0.5, 0.6) is 5.75 Å². The minimum atomic E-state index is -2.80. The molecular weight excluding hydrogens is 360 g/mol. The second-order valence-corrected chi connectivity index (χ2v) is 6.31. The number of halogens is 3. The van der Waals surface area contributed by atoms with Gasteiger partial charge in [-0.25, -0.2) is 0 Å². The number of hydrogen-bond acceptors (Lipinski definition) is 3. The number of nitrogens with one attached hydrogen (secondary N) is 1. The third kappa shape index (κ3) is 4.76. The van der Waals surface area contributed by atoms with Crippen molar-refractivity contribution in [3.05, 3.63) is 50.6 Å². The van der Waals surface area contributed by atoms with E-state index in [1.165, 1.54) is 4.88 Å². The molecule has 0 amide bonds. The molecule has 2 aromatic rings. The normalized spacial score (nSPS) is 12.6. The van der Waals surface area contributed by atoms with Crippen LogP contribution in [0.4, 0.5) is 8.78 Å². The monoisotopic (exact) mass is 375 g/mol. The Bertz CT molecular complexity index is 576. The van der Waals surface area contributed by atoms with Gasteiger partial charge >= 0.3 is 6.61 Å². The van der Waals surface area contributed by atoms with E-state index in [0.717, 1.165) is 23.0 Å². The number of hydrogen-bond donors (Lipinski definition) is 1. The second kappa shape index (κ2) is 7.87. The van der Waals surface area contributed by atoms with Crippen LogP contribution >= 0.6 is 27.3 Å². The van der Waals surface area contributed by atoms with Gasteiger partial charge in [0.2, 0.25) is 0 Å². The Morgan fingerprint density at radius 3 is 2.76 bits per heavy atom. The predicted molar refractivity (Wildman–Crippen MR) is 85.2 cm³/mol. The molecule has 1 heterocycles. The highest BCUT2D eigenvalue weighted by Gasteiger charge is 2.15. The summed E-state index contributed by atoms with van der Waals surface area (Å²) in [6.45, 7) is 0.0214. The fourth-order valence-electron chi connectivity index (χ4n) is 2.12. The summed E-state index contributed by atoms with van der Waals surface area (Å²) in [7, 11) is 0. The first kappa shape index (κ1) is 16.4. The highest BCUT2D eigenvalue weighted by atomic mass is 79.9. The minimum absolute atomic E-state index is 0.0613. The van der Waals surface area contributed by atoms with E-state index in [2.05, 4.69) is 26.0 Å². The first-order valence-corrected chi connectivity index (χ1v) is 8.27. The molecular formula is C15H16BrF2NOS. The number of alkyl halides is 2. The topological polar surface area (TPSA) is 21.3 Å². The van der Waals surface area contributed by atoms with E-state index in [0.29, 0.717) is 0 Å². The predicted octanol–water partition coefficient (Wildman–Crippen LogP) is 5.01. The highest BCUT2D eigenvalue weighted by molar-refractivity contribution is 9.10. The smallest absolute Gasteiger partial charge is 0.387 e. The fraction of sp³-hybridized carbons (Fsp3) is 0.333. The van der Waals surface area contributed by atoms with E-state index in [1.807, 2.05) is 24.4 Å². The molecule has 0 aliphatic carbocycles. The third-order valence-corrected chi connectivity index (χ3v) is 4.97. The molecule has 21 heavy (non-hydrogen) atoms. The molecule has 0 bridgehead atoms. The van der Waals surface area contributed by atoms with Crippen molar-refractivity contribution in [3.8, 4) is 5.75 Å². The lowest BCUT2D eigenvalue weighted by atomic mass is 10.0. The van der Waals surface area contributed by atoms with Crippen molar-refractivity contribution in [2.75, 3.05) is 6.54 Å². The number of benzene rings is 1. The lowest BCUT2D eigenvalue weighted by Gasteiger charge is -2.19. The number of likely N-dealkylation sites (N-methyl/N-ethyl adjacent to an activating group) is 1. The van der Waals surface area contributed by atoms with Gasteiger partial charge in [-0.2, -0.15) is 8.78 Å². The van der Waals surface area contributed by atoms with E-state index in [9.17, 15) is 8.78 Å². The first-order valence-electron chi connectivity index (χ1n) is 6.60. The first-order chi connectivity index (χ1) is 10.1. The van der Waals surface area contributed by atoms with E-state index in [4.69, 9.17) is 0 Å². The van der Waals surface area contributed by atoms with Crippen LogP contribution in [0.1, 0.15) is 23.4 Å². The van der Waals surface area contributed by atoms with Crippen molar-refractivity contribution < 1.29 is 13.5 Å². The molecule has 6 heteroatoms. The molecule has 1 unspecified atom stereocenters. The molecule has 1 aromatic carbocycles. The molecule has 114 valence electrons. The third-order valence-electron chi connectivity index (χ3n) is 3.02. The van der Waals surface area contributed by atoms with Crippen LogP contribution in [0.25, 0.3) is 0 Å². The molecule has 0 aliphatic rings. The fourth-order valence-corrected chi connectivity index (χ4v) is 3.68. The Morgan fingerprint density at radius 2 is 2.14 bits per heavy atom. The van der Waals surface area contributed by atoms with Gasteiger partial charge in [0.25, 0.3) is 0 Å². The SMILES string of the molecule is CCNC(Cc1sccc1Br)c1cccc(OC(F)F)c1. The molecule has 0 aliphatic heterocycles. The average Bonchev–Trinajstić information content (AvgIpc) is 2.83. The molecule has 2 rings (SSSR count). The Morgan fingerprint density at radius 1 is 1.33 bits per heavy atom. The van der Waals surface area contributed by atoms with Crippen molar-refractivity contribution in [2.45, 2.75) is 26.0 Å². The molecule has 0 saturated carbocycles. The molecule has 0 saturated heterocycles. The van der Waals surface area contributed by atoms with Gasteiger partial charge in [0, 0.05) is 21.8 Å². The summed E-state index contributed by atoms with van der Waals surface area (Å²) in [5.74, 6) is 0.190. The van der Waals surface area contributed by atoms with E-state index >= 15 is 0 Å². The zero-order valence-corrected chi connectivity index (χ0v) is 13.9. The molecule has 1 atom stereocenters.